The molecule has 0 unspecified atom stereocenters. The molecule has 45 heavy (non-hydrogen) atoms. The average Bonchev–Trinajstić information content (AvgIpc) is 3.06. The first kappa shape index (κ1) is 35.2. The van der Waals surface area contributed by atoms with Crippen molar-refractivity contribution in [2.75, 3.05) is 13.2 Å². The van der Waals surface area contributed by atoms with Gasteiger partial charge in [0.15, 0.2) is 0 Å². The summed E-state index contributed by atoms with van der Waals surface area (Å²) in [6, 6.07) is 35.0. The van der Waals surface area contributed by atoms with Gasteiger partial charge >= 0.3 is 17.1 Å². The smallest absolute Gasteiger partial charge is 0.741 e. The number of ether oxygens (including phenoxy) is 2. The normalized spacial score (nSPS) is 12.2. The van der Waals surface area contributed by atoms with Crippen LogP contribution in [0, 0.1) is 0 Å². The van der Waals surface area contributed by atoms with Crippen molar-refractivity contribution in [1.82, 2.24) is 10.9 Å². The third-order valence-corrected chi connectivity index (χ3v) is 6.57. The summed E-state index contributed by atoms with van der Waals surface area (Å²) in [5.74, 6) is 1.64. The summed E-state index contributed by atoms with van der Waals surface area (Å²) in [7, 11) is 0. The fourth-order valence-electron chi connectivity index (χ4n) is 4.02. The Hall–Kier alpha value is -4.28. The van der Waals surface area contributed by atoms with E-state index in [1.165, 1.54) is 0 Å². The van der Waals surface area contributed by atoms with Gasteiger partial charge in [0.2, 0.25) is 0 Å². The van der Waals surface area contributed by atoms with Crippen LogP contribution in [0.25, 0.3) is 0 Å². The first-order valence-electron chi connectivity index (χ1n) is 14.2. The quantitative estimate of drug-likeness (QED) is 0.0592. The number of hydrazone groups is 2. The number of benzene rings is 4. The van der Waals surface area contributed by atoms with Crippen molar-refractivity contribution in [2.45, 2.75) is 26.9 Å². The molecule has 4 rings (SSSR count). The van der Waals surface area contributed by atoms with E-state index >= 15 is 0 Å². The molecule has 0 aliphatic rings. The summed E-state index contributed by atoms with van der Waals surface area (Å²) < 4.78 is 11.0. The summed E-state index contributed by atoms with van der Waals surface area (Å²) in [6.45, 7) is 5.95. The number of hydrogen-bond donors (Lipinski definition) is 2. The van der Waals surface area contributed by atoms with Crippen LogP contribution in [0.4, 0.5) is 0 Å². The third kappa shape index (κ3) is 11.6. The van der Waals surface area contributed by atoms with Gasteiger partial charge < -0.3 is 34.7 Å². The molecule has 0 atom stereocenters. The van der Waals surface area contributed by atoms with Gasteiger partial charge in [-0.3, -0.25) is 20.8 Å². The molecule has 2 N–H and O–H groups in total. The summed E-state index contributed by atoms with van der Waals surface area (Å²) in [5.41, 5.74) is 10.6. The van der Waals surface area contributed by atoms with Crippen molar-refractivity contribution >= 4 is 47.0 Å². The SMILES string of the molecule is CCOc1ccc(CN=C([S-])NN=C(/C(=N/NC([S-])=NCc2ccc(OCC)cc2)c2ccccc2)c2ccccc2)cc1.[Cu+2]. The van der Waals surface area contributed by atoms with Gasteiger partial charge in [0.25, 0.3) is 0 Å². The fraction of sp³-hybridized carbons (Fsp3) is 0.176. The second-order valence-electron chi connectivity index (χ2n) is 9.27. The molecule has 4 aromatic carbocycles. The molecule has 0 aromatic heterocycles. The Balaban J connectivity index is 0.00000552. The number of nitrogens with one attached hydrogen (secondary N) is 2. The largest absolute Gasteiger partial charge is 2.00 e. The molecule has 0 aliphatic heterocycles. The van der Waals surface area contributed by atoms with Crippen LogP contribution < -0.4 is 20.3 Å². The van der Waals surface area contributed by atoms with E-state index in [-0.39, 0.29) is 27.4 Å². The van der Waals surface area contributed by atoms with E-state index in [0.29, 0.717) is 37.7 Å². The molecule has 0 amide bonds. The van der Waals surface area contributed by atoms with E-state index in [4.69, 9.17) is 34.7 Å². The summed E-state index contributed by atoms with van der Waals surface area (Å²) in [6.07, 6.45) is 0. The first-order valence-corrected chi connectivity index (χ1v) is 15.0. The number of hydrogen-bond acceptors (Lipinski definition) is 8. The average molecular weight is 686 g/mol. The van der Waals surface area contributed by atoms with Crippen molar-refractivity contribution in [1.29, 1.82) is 0 Å². The van der Waals surface area contributed by atoms with Crippen LogP contribution in [0.2, 0.25) is 0 Å². The maximum absolute atomic E-state index is 5.51. The third-order valence-electron chi connectivity index (χ3n) is 6.12. The maximum Gasteiger partial charge on any atom is 2.00 e. The molecule has 0 aliphatic carbocycles. The summed E-state index contributed by atoms with van der Waals surface area (Å²) >= 11 is 11.0. The Labute approximate surface area is 286 Å². The van der Waals surface area contributed by atoms with Crippen LogP contribution in [0.3, 0.4) is 0 Å². The van der Waals surface area contributed by atoms with Crippen LogP contribution >= 0.6 is 0 Å². The van der Waals surface area contributed by atoms with Crippen molar-refractivity contribution in [3.8, 4) is 11.5 Å². The topological polar surface area (TPSA) is 92.0 Å². The van der Waals surface area contributed by atoms with Gasteiger partial charge in [-0.1, -0.05) is 84.9 Å². The van der Waals surface area contributed by atoms with E-state index < -0.39 is 0 Å². The molecule has 235 valence electrons. The van der Waals surface area contributed by atoms with Crippen LogP contribution in [0.5, 0.6) is 11.5 Å². The standard InChI is InChI=1S/C34H36N6O2S2.Cu/c1-3-41-29-19-15-25(16-20-29)23-35-33(43)39-37-31(27-11-7-5-8-12-27)32(28-13-9-6-10-14-28)38-40-34(44)36-24-26-17-21-30(22-18-26)42-4-2;/h5-22H,3-4,23-24H2,1-2H3,(H2,35,39,43)(H2,36,40,44);/q;+2/p-2/b37-31+,38-32?;. The monoisotopic (exact) mass is 685 g/mol. The van der Waals surface area contributed by atoms with Crippen LogP contribution in [-0.4, -0.2) is 35.0 Å². The van der Waals surface area contributed by atoms with Gasteiger partial charge in [-0.2, -0.15) is 10.2 Å². The second kappa shape index (κ2) is 19.2. The van der Waals surface area contributed by atoms with Gasteiger partial charge in [0.1, 0.15) is 22.9 Å². The molecule has 0 bridgehead atoms. The zero-order valence-corrected chi connectivity index (χ0v) is 27.5. The summed E-state index contributed by atoms with van der Waals surface area (Å²) in [4.78, 5) is 8.97. The van der Waals surface area contributed by atoms with Gasteiger partial charge in [0, 0.05) is 11.1 Å². The van der Waals surface area contributed by atoms with E-state index in [1.807, 2.05) is 123 Å². The van der Waals surface area contributed by atoms with Gasteiger partial charge in [-0.15, -0.1) is 0 Å². The van der Waals surface area contributed by atoms with Crippen molar-refractivity contribution < 1.29 is 26.5 Å². The van der Waals surface area contributed by atoms with Gasteiger partial charge in [0.05, 0.1) is 26.3 Å². The van der Waals surface area contributed by atoms with Crippen molar-refractivity contribution in [2.24, 2.45) is 20.2 Å². The minimum atomic E-state index is 0. The molecular weight excluding hydrogens is 652 g/mol. The first-order chi connectivity index (χ1) is 21.6. The van der Waals surface area contributed by atoms with Crippen LogP contribution in [0.1, 0.15) is 36.1 Å². The zero-order chi connectivity index (χ0) is 31.0. The summed E-state index contributed by atoms with van der Waals surface area (Å²) in [5, 5.41) is 9.83. The van der Waals surface area contributed by atoms with Crippen molar-refractivity contribution in [3.05, 3.63) is 131 Å². The number of aliphatic imine (C=N–C) groups is 2. The number of rotatable bonds is 13. The van der Waals surface area contributed by atoms with Gasteiger partial charge in [-0.25, -0.2) is 0 Å². The van der Waals surface area contributed by atoms with E-state index in [0.717, 1.165) is 33.8 Å². The maximum atomic E-state index is 5.51. The Morgan fingerprint density at radius 2 is 0.911 bits per heavy atom. The van der Waals surface area contributed by atoms with E-state index in [9.17, 15) is 0 Å². The molecule has 1 radical (unpaired) electrons. The molecule has 0 fully saturated rings. The van der Waals surface area contributed by atoms with E-state index in [1.54, 1.807) is 0 Å². The molecule has 4 aromatic rings. The molecule has 8 nitrogen and oxygen atoms in total. The van der Waals surface area contributed by atoms with Gasteiger partial charge in [-0.05, 0) is 59.6 Å². The van der Waals surface area contributed by atoms with E-state index in [2.05, 4.69) is 31.0 Å². The van der Waals surface area contributed by atoms with Crippen LogP contribution in [-0.2, 0) is 55.4 Å². The second-order valence-corrected chi connectivity index (χ2v) is 10.0. The van der Waals surface area contributed by atoms with Crippen LogP contribution in [0.15, 0.2) is 129 Å². The Morgan fingerprint density at radius 3 is 1.24 bits per heavy atom. The Morgan fingerprint density at radius 1 is 0.556 bits per heavy atom. The molecule has 0 saturated carbocycles. The molecule has 0 spiro atoms. The minimum Gasteiger partial charge on any atom is -0.741 e. The minimum absolute atomic E-state index is 0. The molecule has 0 saturated heterocycles. The Kier molecular flexibility index (Phi) is 15.0. The molecule has 11 heteroatoms. The van der Waals surface area contributed by atoms with Crippen molar-refractivity contribution in [3.63, 3.8) is 0 Å². The Bertz CT molecular complexity index is 1460. The zero-order valence-electron chi connectivity index (χ0n) is 24.9. The molecule has 0 heterocycles. The predicted molar refractivity (Wildman–Crippen MR) is 184 cm³/mol. The number of amidine groups is 2. The predicted octanol–water partition coefficient (Wildman–Crippen LogP) is 5.98. The fourth-order valence-corrected chi connectivity index (χ4v) is 4.24. The molecular formula is C34H34CuN6O2S2. The number of nitrogens with zero attached hydrogens (tertiary/aromatic N) is 4.